The number of hydrogen-bond acceptors (Lipinski definition) is 3. The van der Waals surface area contributed by atoms with Crippen LogP contribution in [0.3, 0.4) is 0 Å². The number of rotatable bonds is 5. The van der Waals surface area contributed by atoms with Crippen molar-refractivity contribution in [3.63, 3.8) is 0 Å². The van der Waals surface area contributed by atoms with Gasteiger partial charge in [-0.2, -0.15) is 0 Å². The topological polar surface area (TPSA) is 46.5 Å². The normalized spacial score (nSPS) is 10.2. The Balaban J connectivity index is 3.12. The van der Waals surface area contributed by atoms with Gasteiger partial charge in [0.2, 0.25) is 0 Å². The molecule has 0 saturated carbocycles. The summed E-state index contributed by atoms with van der Waals surface area (Å²) < 4.78 is 19.0. The molecule has 0 bridgehead atoms. The zero-order chi connectivity index (χ0) is 12.1. The van der Waals surface area contributed by atoms with Gasteiger partial charge in [-0.1, -0.05) is 6.92 Å². The van der Waals surface area contributed by atoms with E-state index in [0.717, 1.165) is 18.2 Å². The molecule has 3 nitrogen and oxygen atoms in total. The second-order valence-electron chi connectivity index (χ2n) is 3.11. The first-order chi connectivity index (χ1) is 7.61. The molecule has 1 aromatic carbocycles. The van der Waals surface area contributed by atoms with Crippen LogP contribution >= 0.6 is 11.8 Å². The van der Waals surface area contributed by atoms with Crippen LogP contribution in [0.4, 0.5) is 4.39 Å². The third kappa shape index (κ3) is 2.66. The number of aromatic carboxylic acids is 1. The third-order valence-corrected chi connectivity index (χ3v) is 2.77. The first kappa shape index (κ1) is 12.8. The minimum absolute atomic E-state index is 0.0335. The summed E-state index contributed by atoms with van der Waals surface area (Å²) in [5.74, 6) is -1.62. The lowest BCUT2D eigenvalue weighted by atomic mass is 10.2. The van der Waals surface area contributed by atoms with Gasteiger partial charge in [-0.05, 0) is 24.8 Å². The summed E-state index contributed by atoms with van der Waals surface area (Å²) in [6.45, 7) is 2.33. The Morgan fingerprint density at radius 3 is 2.75 bits per heavy atom. The Labute approximate surface area is 97.6 Å². The van der Waals surface area contributed by atoms with Crippen LogP contribution in [0.25, 0.3) is 0 Å². The maximum absolute atomic E-state index is 13.8. The quantitative estimate of drug-likeness (QED) is 0.809. The summed E-state index contributed by atoms with van der Waals surface area (Å²) in [7, 11) is 0. The van der Waals surface area contributed by atoms with Crippen LogP contribution in [-0.4, -0.2) is 23.9 Å². The van der Waals surface area contributed by atoms with Crippen LogP contribution in [0, 0.1) is 5.82 Å². The van der Waals surface area contributed by atoms with E-state index in [1.54, 1.807) is 6.26 Å². The van der Waals surface area contributed by atoms with E-state index in [4.69, 9.17) is 9.84 Å². The van der Waals surface area contributed by atoms with Crippen LogP contribution in [0.15, 0.2) is 17.0 Å². The van der Waals surface area contributed by atoms with Crippen molar-refractivity contribution >= 4 is 17.7 Å². The highest BCUT2D eigenvalue weighted by molar-refractivity contribution is 7.98. The number of halogens is 1. The Morgan fingerprint density at radius 2 is 2.25 bits per heavy atom. The molecule has 0 radical (unpaired) electrons. The molecule has 1 aromatic rings. The van der Waals surface area contributed by atoms with Crippen LogP contribution in [0.5, 0.6) is 5.75 Å². The molecule has 0 saturated heterocycles. The van der Waals surface area contributed by atoms with Gasteiger partial charge in [0.1, 0.15) is 0 Å². The molecule has 88 valence electrons. The molecular weight excluding hydrogens is 231 g/mol. The Hall–Kier alpha value is -1.23. The molecule has 0 heterocycles. The summed E-state index contributed by atoms with van der Waals surface area (Å²) >= 11 is 1.06. The molecule has 1 rings (SSSR count). The molecule has 1 N–H and O–H groups in total. The fourth-order valence-corrected chi connectivity index (χ4v) is 1.88. The van der Waals surface area contributed by atoms with Crippen molar-refractivity contribution in [3.05, 3.63) is 23.5 Å². The van der Waals surface area contributed by atoms with Gasteiger partial charge in [-0.15, -0.1) is 11.8 Å². The fourth-order valence-electron chi connectivity index (χ4n) is 1.23. The molecule has 0 fully saturated rings. The number of carboxylic acid groups (broad SMARTS) is 1. The molecule has 0 aliphatic heterocycles. The first-order valence-electron chi connectivity index (χ1n) is 4.84. The summed E-state index contributed by atoms with van der Waals surface area (Å²) in [5, 5.41) is 8.87. The predicted molar refractivity (Wildman–Crippen MR) is 60.9 cm³/mol. The summed E-state index contributed by atoms with van der Waals surface area (Å²) in [5.41, 5.74) is -0.0335. The van der Waals surface area contributed by atoms with E-state index in [9.17, 15) is 9.18 Å². The molecule has 16 heavy (non-hydrogen) atoms. The van der Waals surface area contributed by atoms with Crippen molar-refractivity contribution in [3.8, 4) is 5.75 Å². The lowest BCUT2D eigenvalue weighted by molar-refractivity contribution is 0.0692. The van der Waals surface area contributed by atoms with E-state index in [1.165, 1.54) is 12.1 Å². The number of ether oxygens (including phenoxy) is 1. The van der Waals surface area contributed by atoms with E-state index in [2.05, 4.69) is 0 Å². The summed E-state index contributed by atoms with van der Waals surface area (Å²) in [4.78, 5) is 10.9. The molecular formula is C11H13FO3S. The monoisotopic (exact) mass is 244 g/mol. The minimum atomic E-state index is -1.13. The van der Waals surface area contributed by atoms with Crippen LogP contribution in [0.2, 0.25) is 0 Å². The highest BCUT2D eigenvalue weighted by atomic mass is 32.2. The molecule has 0 amide bonds. The molecule has 0 aliphatic rings. The SMILES string of the molecule is CCCOc1ccc(C(=O)O)c(SC)c1F. The molecule has 0 atom stereocenters. The predicted octanol–water partition coefficient (Wildman–Crippen LogP) is 3.03. The van der Waals surface area contributed by atoms with Crippen LogP contribution in [0.1, 0.15) is 23.7 Å². The maximum Gasteiger partial charge on any atom is 0.336 e. The second kappa shape index (κ2) is 5.75. The van der Waals surface area contributed by atoms with Gasteiger partial charge in [0.15, 0.2) is 11.6 Å². The standard InChI is InChI=1S/C11H13FO3S/c1-3-6-15-8-5-4-7(11(13)14)10(16-2)9(8)12/h4-5H,3,6H2,1-2H3,(H,13,14). The molecule has 5 heteroatoms. The highest BCUT2D eigenvalue weighted by Crippen LogP contribution is 2.30. The molecule has 0 aromatic heterocycles. The van der Waals surface area contributed by atoms with Gasteiger partial charge in [0.05, 0.1) is 17.1 Å². The summed E-state index contributed by atoms with van der Waals surface area (Å²) in [6.07, 6.45) is 2.41. The van der Waals surface area contributed by atoms with Crippen LogP contribution in [-0.2, 0) is 0 Å². The number of carboxylic acids is 1. The lowest BCUT2D eigenvalue weighted by Crippen LogP contribution is -2.04. The van der Waals surface area contributed by atoms with Crippen LogP contribution < -0.4 is 4.74 Å². The number of thioether (sulfide) groups is 1. The van der Waals surface area contributed by atoms with E-state index < -0.39 is 11.8 Å². The minimum Gasteiger partial charge on any atom is -0.490 e. The van der Waals surface area contributed by atoms with Gasteiger partial charge in [0.25, 0.3) is 0 Å². The summed E-state index contributed by atoms with van der Waals surface area (Å²) in [6, 6.07) is 2.72. The van der Waals surface area contributed by atoms with E-state index in [0.29, 0.717) is 6.61 Å². The van der Waals surface area contributed by atoms with Gasteiger partial charge < -0.3 is 9.84 Å². The Morgan fingerprint density at radius 1 is 1.56 bits per heavy atom. The average Bonchev–Trinajstić information content (AvgIpc) is 2.26. The fraction of sp³-hybridized carbons (Fsp3) is 0.364. The van der Waals surface area contributed by atoms with E-state index in [1.807, 2.05) is 6.92 Å². The molecule has 0 unspecified atom stereocenters. The largest absolute Gasteiger partial charge is 0.490 e. The van der Waals surface area contributed by atoms with E-state index >= 15 is 0 Å². The van der Waals surface area contributed by atoms with Gasteiger partial charge in [-0.3, -0.25) is 0 Å². The molecule has 0 spiro atoms. The maximum atomic E-state index is 13.8. The van der Waals surface area contributed by atoms with Crippen molar-refractivity contribution in [2.75, 3.05) is 12.9 Å². The second-order valence-corrected chi connectivity index (χ2v) is 3.93. The zero-order valence-electron chi connectivity index (χ0n) is 9.12. The smallest absolute Gasteiger partial charge is 0.336 e. The third-order valence-electron chi connectivity index (χ3n) is 1.96. The average molecular weight is 244 g/mol. The number of carbonyl (C=O) groups is 1. The van der Waals surface area contributed by atoms with E-state index in [-0.39, 0.29) is 16.2 Å². The first-order valence-corrected chi connectivity index (χ1v) is 6.06. The molecule has 0 aliphatic carbocycles. The highest BCUT2D eigenvalue weighted by Gasteiger charge is 2.17. The van der Waals surface area contributed by atoms with Crippen molar-refractivity contribution in [2.45, 2.75) is 18.2 Å². The van der Waals surface area contributed by atoms with Crippen molar-refractivity contribution in [2.24, 2.45) is 0 Å². The van der Waals surface area contributed by atoms with Crippen molar-refractivity contribution in [1.29, 1.82) is 0 Å². The van der Waals surface area contributed by atoms with Gasteiger partial charge in [0, 0.05) is 0 Å². The van der Waals surface area contributed by atoms with Crippen molar-refractivity contribution in [1.82, 2.24) is 0 Å². The lowest BCUT2D eigenvalue weighted by Gasteiger charge is -2.10. The Kier molecular flexibility index (Phi) is 4.61. The zero-order valence-corrected chi connectivity index (χ0v) is 9.94. The Bertz CT molecular complexity index is 393. The van der Waals surface area contributed by atoms with Crippen molar-refractivity contribution < 1.29 is 19.0 Å². The number of benzene rings is 1. The number of hydrogen-bond donors (Lipinski definition) is 1. The van der Waals surface area contributed by atoms with Gasteiger partial charge in [-0.25, -0.2) is 9.18 Å². The van der Waals surface area contributed by atoms with Gasteiger partial charge >= 0.3 is 5.97 Å².